The number of benzene rings is 2. The monoisotopic (exact) mass is 344 g/mol. The summed E-state index contributed by atoms with van der Waals surface area (Å²) in [6, 6.07) is 12.7. The second-order valence-electron chi connectivity index (χ2n) is 4.85. The van der Waals surface area contributed by atoms with Gasteiger partial charge < -0.3 is 9.47 Å². The third-order valence-corrected chi connectivity index (χ3v) is 4.43. The fraction of sp³-hybridized carbons (Fsp3) is 0.111. The van der Waals surface area contributed by atoms with Crippen LogP contribution in [0.2, 0.25) is 0 Å². The minimum Gasteiger partial charge on any atom is -0.462 e. The van der Waals surface area contributed by atoms with Crippen LogP contribution in [0.3, 0.4) is 0 Å². The topological polar surface area (TPSA) is 52.6 Å². The van der Waals surface area contributed by atoms with Crippen LogP contribution in [-0.2, 0) is 4.74 Å². The summed E-state index contributed by atoms with van der Waals surface area (Å²) in [6.07, 6.45) is 0. The number of esters is 2. The number of rotatable bonds is 4. The van der Waals surface area contributed by atoms with Crippen LogP contribution in [0.25, 0.3) is 10.1 Å². The molecule has 1 heterocycles. The van der Waals surface area contributed by atoms with E-state index < -0.39 is 17.8 Å². The van der Waals surface area contributed by atoms with Crippen LogP contribution >= 0.6 is 11.3 Å². The lowest BCUT2D eigenvalue weighted by atomic mass is 10.2. The maximum absolute atomic E-state index is 13.8. The highest BCUT2D eigenvalue weighted by Crippen LogP contribution is 2.38. The molecule has 6 heteroatoms. The van der Waals surface area contributed by atoms with Gasteiger partial charge in [0, 0.05) is 10.1 Å². The van der Waals surface area contributed by atoms with E-state index in [9.17, 15) is 14.0 Å². The van der Waals surface area contributed by atoms with Crippen LogP contribution in [0, 0.1) is 5.82 Å². The van der Waals surface area contributed by atoms with Crippen molar-refractivity contribution in [3.05, 3.63) is 64.8 Å². The SMILES string of the molecule is CCOC(=O)c1sc2ccccc2c1OC(=O)c1ccccc1F. The molecule has 0 spiro atoms. The van der Waals surface area contributed by atoms with Gasteiger partial charge in [0.25, 0.3) is 0 Å². The molecule has 0 N–H and O–H groups in total. The maximum Gasteiger partial charge on any atom is 0.352 e. The van der Waals surface area contributed by atoms with Crippen LogP contribution in [-0.4, -0.2) is 18.5 Å². The van der Waals surface area contributed by atoms with Gasteiger partial charge in [-0.2, -0.15) is 0 Å². The predicted molar refractivity (Wildman–Crippen MR) is 89.1 cm³/mol. The minimum atomic E-state index is -0.859. The number of hydrogen-bond donors (Lipinski definition) is 0. The van der Waals surface area contributed by atoms with E-state index in [1.54, 1.807) is 19.1 Å². The summed E-state index contributed by atoms with van der Waals surface area (Å²) in [7, 11) is 0. The van der Waals surface area contributed by atoms with Gasteiger partial charge in [-0.15, -0.1) is 11.3 Å². The summed E-state index contributed by atoms with van der Waals surface area (Å²) < 4.78 is 24.9. The molecular weight excluding hydrogens is 331 g/mol. The average Bonchev–Trinajstić information content (AvgIpc) is 2.94. The van der Waals surface area contributed by atoms with Crippen molar-refractivity contribution in [3.8, 4) is 5.75 Å². The number of hydrogen-bond acceptors (Lipinski definition) is 5. The molecule has 0 saturated heterocycles. The fourth-order valence-corrected chi connectivity index (χ4v) is 3.25. The molecule has 4 nitrogen and oxygen atoms in total. The lowest BCUT2D eigenvalue weighted by Gasteiger charge is -2.07. The molecule has 0 fully saturated rings. The lowest BCUT2D eigenvalue weighted by Crippen LogP contribution is -2.13. The Bertz CT molecular complexity index is 916. The van der Waals surface area contributed by atoms with E-state index in [0.29, 0.717) is 5.39 Å². The van der Waals surface area contributed by atoms with Crippen LogP contribution < -0.4 is 4.74 Å². The molecule has 0 unspecified atom stereocenters. The molecule has 1 aromatic heterocycles. The molecule has 0 saturated carbocycles. The quantitative estimate of drug-likeness (QED) is 0.657. The van der Waals surface area contributed by atoms with Gasteiger partial charge in [-0.3, -0.25) is 0 Å². The molecule has 0 aliphatic heterocycles. The highest BCUT2D eigenvalue weighted by atomic mass is 32.1. The zero-order valence-corrected chi connectivity index (χ0v) is 13.6. The van der Waals surface area contributed by atoms with Gasteiger partial charge in [-0.05, 0) is 31.2 Å². The van der Waals surface area contributed by atoms with Crippen LogP contribution in [0.4, 0.5) is 4.39 Å². The Labute approximate surface area is 141 Å². The standard InChI is InChI=1S/C18H13FO4S/c1-2-22-18(21)16-15(12-8-4-6-10-14(12)24-16)23-17(20)11-7-3-5-9-13(11)19/h3-10H,2H2,1H3. The summed E-state index contributed by atoms with van der Waals surface area (Å²) in [4.78, 5) is 24.6. The molecule has 0 aliphatic rings. The Morgan fingerprint density at radius 3 is 2.50 bits per heavy atom. The Morgan fingerprint density at radius 2 is 1.75 bits per heavy atom. The second kappa shape index (κ2) is 6.80. The first-order chi connectivity index (χ1) is 11.6. The Morgan fingerprint density at radius 1 is 1.04 bits per heavy atom. The third kappa shape index (κ3) is 3.00. The second-order valence-corrected chi connectivity index (χ2v) is 5.90. The Kier molecular flexibility index (Phi) is 4.57. The average molecular weight is 344 g/mol. The zero-order chi connectivity index (χ0) is 17.1. The largest absolute Gasteiger partial charge is 0.462 e. The molecule has 0 radical (unpaired) electrons. The van der Waals surface area contributed by atoms with E-state index in [0.717, 1.165) is 4.70 Å². The van der Waals surface area contributed by atoms with Crippen molar-refractivity contribution in [3.63, 3.8) is 0 Å². The molecule has 0 bridgehead atoms. The van der Waals surface area contributed by atoms with Gasteiger partial charge in [0.15, 0.2) is 10.6 Å². The number of carbonyl (C=O) groups is 2. The van der Waals surface area contributed by atoms with Gasteiger partial charge in [-0.1, -0.05) is 24.3 Å². The smallest absolute Gasteiger partial charge is 0.352 e. The van der Waals surface area contributed by atoms with E-state index in [-0.39, 0.29) is 22.8 Å². The van der Waals surface area contributed by atoms with Gasteiger partial charge in [0.2, 0.25) is 0 Å². The van der Waals surface area contributed by atoms with Crippen molar-refractivity contribution in [2.75, 3.05) is 6.61 Å². The Hall–Kier alpha value is -2.73. The number of fused-ring (bicyclic) bond motifs is 1. The highest BCUT2D eigenvalue weighted by Gasteiger charge is 2.24. The van der Waals surface area contributed by atoms with Gasteiger partial charge in [0.05, 0.1) is 12.2 Å². The summed E-state index contributed by atoms with van der Waals surface area (Å²) >= 11 is 1.17. The molecule has 122 valence electrons. The normalized spacial score (nSPS) is 10.6. The van der Waals surface area contributed by atoms with Crippen molar-refractivity contribution in [1.82, 2.24) is 0 Å². The number of carbonyl (C=O) groups excluding carboxylic acids is 2. The van der Waals surface area contributed by atoms with Crippen molar-refractivity contribution in [2.24, 2.45) is 0 Å². The Balaban J connectivity index is 2.04. The summed E-state index contributed by atoms with van der Waals surface area (Å²) in [6.45, 7) is 1.89. The van der Waals surface area contributed by atoms with Crippen LogP contribution in [0.15, 0.2) is 48.5 Å². The first-order valence-corrected chi connectivity index (χ1v) is 8.08. The number of halogens is 1. The van der Waals surface area contributed by atoms with Crippen molar-refractivity contribution >= 4 is 33.4 Å². The number of thiophene rings is 1. The summed E-state index contributed by atoms with van der Waals surface area (Å²) in [5, 5.41) is 0.607. The molecule has 3 rings (SSSR count). The highest BCUT2D eigenvalue weighted by molar-refractivity contribution is 7.21. The molecule has 24 heavy (non-hydrogen) atoms. The summed E-state index contributed by atoms with van der Waals surface area (Å²) in [5.74, 6) is -2.01. The van der Waals surface area contributed by atoms with E-state index >= 15 is 0 Å². The van der Waals surface area contributed by atoms with Gasteiger partial charge >= 0.3 is 11.9 Å². The molecule has 0 atom stereocenters. The first kappa shape index (κ1) is 16.1. The first-order valence-electron chi connectivity index (χ1n) is 7.27. The molecule has 3 aromatic rings. The van der Waals surface area contributed by atoms with Gasteiger partial charge in [0.1, 0.15) is 5.82 Å². The van der Waals surface area contributed by atoms with Crippen molar-refractivity contribution in [1.29, 1.82) is 0 Å². The van der Waals surface area contributed by atoms with Crippen LogP contribution in [0.1, 0.15) is 27.0 Å². The van der Waals surface area contributed by atoms with E-state index in [2.05, 4.69) is 0 Å². The molecule has 0 aliphatic carbocycles. The molecule has 0 amide bonds. The summed E-state index contributed by atoms with van der Waals surface area (Å²) in [5.41, 5.74) is -0.192. The van der Waals surface area contributed by atoms with Crippen LogP contribution in [0.5, 0.6) is 5.75 Å². The third-order valence-electron chi connectivity index (χ3n) is 3.30. The van der Waals surface area contributed by atoms with E-state index in [1.165, 1.54) is 35.6 Å². The minimum absolute atomic E-state index is 0.0994. The van der Waals surface area contributed by atoms with E-state index in [4.69, 9.17) is 9.47 Å². The van der Waals surface area contributed by atoms with Gasteiger partial charge in [-0.25, -0.2) is 14.0 Å². The number of ether oxygens (including phenoxy) is 2. The van der Waals surface area contributed by atoms with E-state index in [1.807, 2.05) is 12.1 Å². The maximum atomic E-state index is 13.8. The fourth-order valence-electron chi connectivity index (χ4n) is 2.23. The zero-order valence-electron chi connectivity index (χ0n) is 12.7. The molecule has 2 aromatic carbocycles. The lowest BCUT2D eigenvalue weighted by molar-refractivity contribution is 0.0527. The molecular formula is C18H13FO4S. The predicted octanol–water partition coefficient (Wildman–Crippen LogP) is 4.44. The van der Waals surface area contributed by atoms with Crippen molar-refractivity contribution in [2.45, 2.75) is 6.92 Å². The van der Waals surface area contributed by atoms with Crippen molar-refractivity contribution < 1.29 is 23.5 Å².